The van der Waals surface area contributed by atoms with Crippen LogP contribution in [0.1, 0.15) is 12.5 Å². The van der Waals surface area contributed by atoms with Crippen LogP contribution in [0.5, 0.6) is 0 Å². The normalized spacial score (nSPS) is 17.3. The van der Waals surface area contributed by atoms with E-state index in [1.165, 1.54) is 11.3 Å². The molecule has 124 valence electrons. The van der Waals surface area contributed by atoms with Gasteiger partial charge in [0.25, 0.3) is 0 Å². The molecule has 1 aliphatic heterocycles. The second kappa shape index (κ2) is 6.61. The van der Waals surface area contributed by atoms with E-state index in [2.05, 4.69) is 74.6 Å². The summed E-state index contributed by atoms with van der Waals surface area (Å²) in [4.78, 5) is 5.07. The van der Waals surface area contributed by atoms with Crippen molar-refractivity contribution in [2.24, 2.45) is 0 Å². The molecule has 5 nitrogen and oxygen atoms in total. The Kier molecular flexibility index (Phi) is 4.17. The molecule has 2 heterocycles. The number of aromatic nitrogens is 3. The van der Waals surface area contributed by atoms with Crippen molar-refractivity contribution < 1.29 is 0 Å². The summed E-state index contributed by atoms with van der Waals surface area (Å²) in [5, 5.41) is 11.0. The fraction of sp³-hybridized carbons (Fsp3) is 0.368. The van der Waals surface area contributed by atoms with E-state index >= 15 is 0 Å². The molecule has 1 aliphatic rings. The highest BCUT2D eigenvalue weighted by Gasteiger charge is 2.21. The lowest BCUT2D eigenvalue weighted by molar-refractivity contribution is 0.196. The highest BCUT2D eigenvalue weighted by molar-refractivity contribution is 5.74. The summed E-state index contributed by atoms with van der Waals surface area (Å²) in [5.41, 5.74) is 4.55. The van der Waals surface area contributed by atoms with Gasteiger partial charge in [-0.15, -0.1) is 0 Å². The quantitative estimate of drug-likeness (QED) is 0.803. The van der Waals surface area contributed by atoms with Crippen molar-refractivity contribution in [3.05, 3.63) is 54.1 Å². The van der Waals surface area contributed by atoms with Crippen molar-refractivity contribution in [3.63, 3.8) is 0 Å². The molecule has 0 radical (unpaired) electrons. The molecular weight excluding hydrogens is 298 g/mol. The molecule has 4 rings (SSSR count). The zero-order chi connectivity index (χ0) is 16.4. The van der Waals surface area contributed by atoms with E-state index in [1.807, 2.05) is 6.07 Å². The standard InChI is InChI=1S/C19H23N5/c1-15(13-16-7-8-18-19(14-16)21-22-20-18)23-9-11-24(12-10-23)17-5-3-2-4-6-17/h2-8,14-15H,9-13H2,1H3,(H,20,21,22). The summed E-state index contributed by atoms with van der Waals surface area (Å²) < 4.78 is 0. The molecule has 0 aliphatic carbocycles. The minimum absolute atomic E-state index is 0.535. The molecule has 2 aromatic carbocycles. The van der Waals surface area contributed by atoms with E-state index in [9.17, 15) is 0 Å². The summed E-state index contributed by atoms with van der Waals surface area (Å²) >= 11 is 0. The summed E-state index contributed by atoms with van der Waals surface area (Å²) in [7, 11) is 0. The summed E-state index contributed by atoms with van der Waals surface area (Å²) in [6.45, 7) is 6.74. The Balaban J connectivity index is 1.36. The molecule has 1 saturated heterocycles. The second-order valence-corrected chi connectivity index (χ2v) is 6.56. The molecular formula is C19H23N5. The molecule has 0 spiro atoms. The van der Waals surface area contributed by atoms with Crippen molar-refractivity contribution in [3.8, 4) is 0 Å². The highest BCUT2D eigenvalue weighted by Crippen LogP contribution is 2.19. The lowest BCUT2D eigenvalue weighted by Gasteiger charge is -2.39. The minimum Gasteiger partial charge on any atom is -0.369 e. The number of hydrogen-bond donors (Lipinski definition) is 1. The number of anilines is 1. The molecule has 0 amide bonds. The van der Waals surface area contributed by atoms with Gasteiger partial charge in [0.05, 0.1) is 0 Å². The van der Waals surface area contributed by atoms with Crippen LogP contribution >= 0.6 is 0 Å². The molecule has 1 aromatic heterocycles. The SMILES string of the molecule is CC(Cc1ccc2n[nH]nc2c1)N1CCN(c2ccccc2)CC1. The zero-order valence-corrected chi connectivity index (χ0v) is 14.0. The number of rotatable bonds is 4. The predicted octanol–water partition coefficient (Wildman–Crippen LogP) is 2.71. The molecule has 1 fully saturated rings. The van der Waals surface area contributed by atoms with Gasteiger partial charge in [-0.2, -0.15) is 15.4 Å². The smallest absolute Gasteiger partial charge is 0.113 e. The number of nitrogens with one attached hydrogen (secondary N) is 1. The molecule has 3 aromatic rings. The fourth-order valence-electron chi connectivity index (χ4n) is 3.54. The third-order valence-electron chi connectivity index (χ3n) is 4.97. The van der Waals surface area contributed by atoms with Crippen LogP contribution in [0, 0.1) is 0 Å². The van der Waals surface area contributed by atoms with Crippen LogP contribution in [0.2, 0.25) is 0 Å². The summed E-state index contributed by atoms with van der Waals surface area (Å²) in [5.74, 6) is 0. The van der Waals surface area contributed by atoms with Gasteiger partial charge in [0, 0.05) is 37.9 Å². The van der Waals surface area contributed by atoms with Gasteiger partial charge in [-0.05, 0) is 43.2 Å². The molecule has 1 atom stereocenters. The van der Waals surface area contributed by atoms with Crippen molar-refractivity contribution in [2.45, 2.75) is 19.4 Å². The van der Waals surface area contributed by atoms with Gasteiger partial charge in [-0.25, -0.2) is 0 Å². The van der Waals surface area contributed by atoms with E-state index in [-0.39, 0.29) is 0 Å². The van der Waals surface area contributed by atoms with Gasteiger partial charge in [-0.1, -0.05) is 24.3 Å². The van der Waals surface area contributed by atoms with E-state index in [1.54, 1.807) is 0 Å². The number of fused-ring (bicyclic) bond motifs is 1. The Hall–Kier alpha value is -2.40. The van der Waals surface area contributed by atoms with Gasteiger partial charge in [0.15, 0.2) is 0 Å². The Bertz CT molecular complexity index is 790. The van der Waals surface area contributed by atoms with Crippen molar-refractivity contribution >= 4 is 16.7 Å². The van der Waals surface area contributed by atoms with Gasteiger partial charge in [0.2, 0.25) is 0 Å². The van der Waals surface area contributed by atoms with Crippen LogP contribution in [0.25, 0.3) is 11.0 Å². The molecule has 1 N–H and O–H groups in total. The van der Waals surface area contributed by atoms with Gasteiger partial charge in [0.1, 0.15) is 11.0 Å². The molecule has 0 saturated carbocycles. The first-order chi connectivity index (χ1) is 11.8. The Morgan fingerprint density at radius 3 is 2.50 bits per heavy atom. The van der Waals surface area contributed by atoms with Crippen molar-refractivity contribution in [1.29, 1.82) is 0 Å². The van der Waals surface area contributed by atoms with Crippen LogP contribution in [0.4, 0.5) is 5.69 Å². The maximum Gasteiger partial charge on any atom is 0.113 e. The maximum atomic E-state index is 4.19. The third-order valence-corrected chi connectivity index (χ3v) is 4.97. The number of hydrogen-bond acceptors (Lipinski definition) is 4. The fourth-order valence-corrected chi connectivity index (χ4v) is 3.54. The molecule has 5 heteroatoms. The lowest BCUT2D eigenvalue weighted by Crippen LogP contribution is -2.50. The third kappa shape index (κ3) is 3.12. The number of nitrogens with zero attached hydrogens (tertiary/aromatic N) is 4. The number of H-pyrrole nitrogens is 1. The first-order valence-electron chi connectivity index (χ1n) is 8.63. The summed E-state index contributed by atoms with van der Waals surface area (Å²) in [6, 6.07) is 17.6. The highest BCUT2D eigenvalue weighted by atomic mass is 15.3. The topological polar surface area (TPSA) is 48.1 Å². The Morgan fingerprint density at radius 1 is 0.958 bits per heavy atom. The van der Waals surface area contributed by atoms with Crippen LogP contribution < -0.4 is 4.90 Å². The van der Waals surface area contributed by atoms with E-state index in [4.69, 9.17) is 0 Å². The maximum absolute atomic E-state index is 4.19. The van der Waals surface area contributed by atoms with E-state index in [0.29, 0.717) is 6.04 Å². The monoisotopic (exact) mass is 321 g/mol. The van der Waals surface area contributed by atoms with Gasteiger partial charge in [-0.3, -0.25) is 4.90 Å². The van der Waals surface area contributed by atoms with E-state index < -0.39 is 0 Å². The first-order valence-corrected chi connectivity index (χ1v) is 8.63. The summed E-state index contributed by atoms with van der Waals surface area (Å²) in [6.07, 6.45) is 1.05. The average molecular weight is 321 g/mol. The number of piperazine rings is 1. The molecule has 0 bridgehead atoms. The molecule has 1 unspecified atom stereocenters. The number of aromatic amines is 1. The second-order valence-electron chi connectivity index (χ2n) is 6.56. The zero-order valence-electron chi connectivity index (χ0n) is 14.0. The predicted molar refractivity (Wildman–Crippen MR) is 97.3 cm³/mol. The Labute approximate surface area is 142 Å². The van der Waals surface area contributed by atoms with E-state index in [0.717, 1.165) is 43.6 Å². The largest absolute Gasteiger partial charge is 0.369 e. The van der Waals surface area contributed by atoms with Gasteiger partial charge < -0.3 is 4.90 Å². The van der Waals surface area contributed by atoms with Gasteiger partial charge >= 0.3 is 0 Å². The number of para-hydroxylation sites is 1. The first kappa shape index (κ1) is 15.1. The lowest BCUT2D eigenvalue weighted by atomic mass is 10.0. The average Bonchev–Trinajstić information content (AvgIpc) is 3.10. The van der Waals surface area contributed by atoms with Crippen LogP contribution in [-0.4, -0.2) is 52.5 Å². The van der Waals surface area contributed by atoms with Crippen LogP contribution in [-0.2, 0) is 6.42 Å². The van der Waals surface area contributed by atoms with Crippen LogP contribution in [0.15, 0.2) is 48.5 Å². The van der Waals surface area contributed by atoms with Crippen LogP contribution in [0.3, 0.4) is 0 Å². The minimum atomic E-state index is 0.535. The van der Waals surface area contributed by atoms with Crippen molar-refractivity contribution in [1.82, 2.24) is 20.3 Å². The molecule has 24 heavy (non-hydrogen) atoms. The Morgan fingerprint density at radius 2 is 1.71 bits per heavy atom. The number of benzene rings is 2. The van der Waals surface area contributed by atoms with Crippen molar-refractivity contribution in [2.75, 3.05) is 31.1 Å².